The number of hydrogen-bond acceptors (Lipinski definition) is 3. The second-order valence-corrected chi connectivity index (χ2v) is 4.72. The molecule has 0 spiro atoms. The van der Waals surface area contributed by atoms with E-state index in [4.69, 9.17) is 10.9 Å². The number of nitrogens with two attached hydrogens (primary N) is 2. The molecule has 0 aliphatic carbocycles. The molecule has 0 amide bonds. The lowest BCUT2D eigenvalue weighted by atomic mass is 10.2. The fourth-order valence-electron chi connectivity index (χ4n) is 1.25. The molecule has 1 rings (SSSR count). The van der Waals surface area contributed by atoms with Crippen LogP contribution in [0.25, 0.3) is 0 Å². The van der Waals surface area contributed by atoms with Gasteiger partial charge in [-0.25, -0.2) is 5.14 Å². The van der Waals surface area contributed by atoms with Crippen LogP contribution < -0.4 is 10.9 Å². The van der Waals surface area contributed by atoms with Crippen LogP contribution in [0.1, 0.15) is 12.5 Å². The summed E-state index contributed by atoms with van der Waals surface area (Å²) in [6.07, 6.45) is 0. The normalized spacial score (nSPS) is 11.9. The van der Waals surface area contributed by atoms with E-state index in [2.05, 4.69) is 0 Å². The highest BCUT2D eigenvalue weighted by Gasteiger charge is 2.15. The standard InChI is InChI=1S/C9H15N3O2S/c1-2-12(15(11,13)14)7-8-5-3-4-6-9(8)10/h3-6H,2,7,10H2,1H3,(H2,11,13,14). The van der Waals surface area contributed by atoms with Crippen LogP contribution >= 0.6 is 0 Å². The summed E-state index contributed by atoms with van der Waals surface area (Å²) < 4.78 is 23.4. The van der Waals surface area contributed by atoms with Crippen molar-refractivity contribution in [3.05, 3.63) is 29.8 Å². The lowest BCUT2D eigenvalue weighted by Gasteiger charge is -2.18. The highest BCUT2D eigenvalue weighted by Crippen LogP contribution is 2.14. The van der Waals surface area contributed by atoms with Gasteiger partial charge >= 0.3 is 0 Å². The van der Waals surface area contributed by atoms with E-state index in [0.29, 0.717) is 12.2 Å². The first kappa shape index (κ1) is 12.0. The van der Waals surface area contributed by atoms with Gasteiger partial charge in [-0.3, -0.25) is 0 Å². The van der Waals surface area contributed by atoms with Crippen LogP contribution in [0.4, 0.5) is 5.69 Å². The molecule has 1 aromatic carbocycles. The number of benzene rings is 1. The molecule has 0 fully saturated rings. The molecule has 0 aliphatic heterocycles. The lowest BCUT2D eigenvalue weighted by molar-refractivity contribution is 0.425. The molecule has 6 heteroatoms. The van der Waals surface area contributed by atoms with Gasteiger partial charge in [0, 0.05) is 18.8 Å². The summed E-state index contributed by atoms with van der Waals surface area (Å²) >= 11 is 0. The first-order chi connectivity index (χ1) is 6.95. The Bertz CT molecular complexity index is 431. The van der Waals surface area contributed by atoms with Gasteiger partial charge in [-0.05, 0) is 11.6 Å². The van der Waals surface area contributed by atoms with Crippen LogP contribution in [-0.4, -0.2) is 19.3 Å². The quantitative estimate of drug-likeness (QED) is 0.727. The fourth-order valence-corrected chi connectivity index (χ4v) is 1.93. The molecule has 0 bridgehead atoms. The second-order valence-electron chi connectivity index (χ2n) is 3.17. The van der Waals surface area contributed by atoms with E-state index in [9.17, 15) is 8.42 Å². The SMILES string of the molecule is CCN(Cc1ccccc1N)S(N)(=O)=O. The Morgan fingerprint density at radius 2 is 1.93 bits per heavy atom. The number of para-hydroxylation sites is 1. The zero-order valence-corrected chi connectivity index (χ0v) is 9.37. The van der Waals surface area contributed by atoms with Crippen LogP contribution in [-0.2, 0) is 16.8 Å². The van der Waals surface area contributed by atoms with Crippen molar-refractivity contribution in [1.29, 1.82) is 0 Å². The molecular formula is C9H15N3O2S. The molecule has 0 aliphatic rings. The summed E-state index contributed by atoms with van der Waals surface area (Å²) in [6, 6.07) is 7.12. The van der Waals surface area contributed by atoms with Crippen molar-refractivity contribution in [3.63, 3.8) is 0 Å². The van der Waals surface area contributed by atoms with Crippen LogP contribution in [0.2, 0.25) is 0 Å². The highest BCUT2D eigenvalue weighted by molar-refractivity contribution is 7.86. The van der Waals surface area contributed by atoms with Gasteiger partial charge < -0.3 is 5.73 Å². The van der Waals surface area contributed by atoms with E-state index < -0.39 is 10.2 Å². The molecule has 5 nitrogen and oxygen atoms in total. The van der Waals surface area contributed by atoms with Crippen molar-refractivity contribution in [1.82, 2.24) is 4.31 Å². The van der Waals surface area contributed by atoms with Crippen molar-refractivity contribution >= 4 is 15.9 Å². The molecule has 0 radical (unpaired) electrons. The molecule has 0 atom stereocenters. The highest BCUT2D eigenvalue weighted by atomic mass is 32.2. The maximum Gasteiger partial charge on any atom is 0.277 e. The van der Waals surface area contributed by atoms with Crippen molar-refractivity contribution in [2.75, 3.05) is 12.3 Å². The van der Waals surface area contributed by atoms with E-state index in [-0.39, 0.29) is 6.54 Å². The van der Waals surface area contributed by atoms with Gasteiger partial charge in [0.1, 0.15) is 0 Å². The summed E-state index contributed by atoms with van der Waals surface area (Å²) in [5, 5.41) is 5.05. The first-order valence-electron chi connectivity index (χ1n) is 4.56. The zero-order valence-electron chi connectivity index (χ0n) is 8.55. The number of hydrogen-bond donors (Lipinski definition) is 2. The summed E-state index contributed by atoms with van der Waals surface area (Å²) in [7, 11) is -3.65. The summed E-state index contributed by atoms with van der Waals surface area (Å²) in [5.41, 5.74) is 7.03. The third kappa shape index (κ3) is 3.19. The molecule has 84 valence electrons. The largest absolute Gasteiger partial charge is 0.398 e. The van der Waals surface area contributed by atoms with E-state index in [1.807, 2.05) is 6.07 Å². The van der Waals surface area contributed by atoms with Crippen molar-refractivity contribution in [2.45, 2.75) is 13.5 Å². The Morgan fingerprint density at radius 3 is 2.40 bits per heavy atom. The summed E-state index contributed by atoms with van der Waals surface area (Å²) in [5.74, 6) is 0. The zero-order chi connectivity index (χ0) is 11.5. The molecule has 0 saturated carbocycles. The topological polar surface area (TPSA) is 89.4 Å². The molecule has 15 heavy (non-hydrogen) atoms. The third-order valence-corrected chi connectivity index (χ3v) is 3.22. The van der Waals surface area contributed by atoms with E-state index >= 15 is 0 Å². The van der Waals surface area contributed by atoms with Gasteiger partial charge in [-0.1, -0.05) is 25.1 Å². The maximum absolute atomic E-state index is 11.1. The average molecular weight is 229 g/mol. The van der Waals surface area contributed by atoms with Gasteiger partial charge in [0.05, 0.1) is 0 Å². The number of nitrogens with zero attached hydrogens (tertiary/aromatic N) is 1. The Labute approximate surface area is 89.9 Å². The lowest BCUT2D eigenvalue weighted by Crippen LogP contribution is -2.36. The minimum Gasteiger partial charge on any atom is -0.398 e. The average Bonchev–Trinajstić information content (AvgIpc) is 2.14. The van der Waals surface area contributed by atoms with Gasteiger partial charge in [-0.2, -0.15) is 12.7 Å². The van der Waals surface area contributed by atoms with E-state index in [1.54, 1.807) is 25.1 Å². The third-order valence-electron chi connectivity index (χ3n) is 2.11. The van der Waals surface area contributed by atoms with Crippen molar-refractivity contribution in [2.24, 2.45) is 5.14 Å². The number of rotatable bonds is 4. The van der Waals surface area contributed by atoms with Gasteiger partial charge in [-0.15, -0.1) is 0 Å². The van der Waals surface area contributed by atoms with Crippen LogP contribution in [0, 0.1) is 0 Å². The molecule has 4 N–H and O–H groups in total. The minimum absolute atomic E-state index is 0.210. The maximum atomic E-state index is 11.1. The predicted octanol–water partition coefficient (Wildman–Crippen LogP) is 0.294. The van der Waals surface area contributed by atoms with Gasteiger partial charge in [0.25, 0.3) is 10.2 Å². The minimum atomic E-state index is -3.65. The Kier molecular flexibility index (Phi) is 3.67. The molecule has 0 heterocycles. The molecular weight excluding hydrogens is 214 g/mol. The first-order valence-corrected chi connectivity index (χ1v) is 6.06. The molecule has 1 aromatic rings. The van der Waals surface area contributed by atoms with Crippen LogP contribution in [0.5, 0.6) is 0 Å². The second kappa shape index (κ2) is 4.61. The molecule has 0 aromatic heterocycles. The van der Waals surface area contributed by atoms with Crippen molar-refractivity contribution in [3.8, 4) is 0 Å². The summed E-state index contributed by atoms with van der Waals surface area (Å²) in [6.45, 7) is 2.26. The molecule has 0 saturated heterocycles. The smallest absolute Gasteiger partial charge is 0.277 e. The van der Waals surface area contributed by atoms with Gasteiger partial charge in [0.15, 0.2) is 0 Å². The Balaban J connectivity index is 2.90. The monoisotopic (exact) mass is 229 g/mol. The Hall–Kier alpha value is -1.11. The number of nitrogen functional groups attached to an aromatic ring is 1. The van der Waals surface area contributed by atoms with Gasteiger partial charge in [0.2, 0.25) is 0 Å². The van der Waals surface area contributed by atoms with Crippen LogP contribution in [0.15, 0.2) is 24.3 Å². The summed E-state index contributed by atoms with van der Waals surface area (Å²) in [4.78, 5) is 0. The van der Waals surface area contributed by atoms with Crippen LogP contribution in [0.3, 0.4) is 0 Å². The number of anilines is 1. The fraction of sp³-hybridized carbons (Fsp3) is 0.333. The Morgan fingerprint density at radius 1 is 1.33 bits per heavy atom. The van der Waals surface area contributed by atoms with E-state index in [1.165, 1.54) is 4.31 Å². The van der Waals surface area contributed by atoms with Crippen molar-refractivity contribution < 1.29 is 8.42 Å². The van der Waals surface area contributed by atoms with E-state index in [0.717, 1.165) is 5.56 Å². The predicted molar refractivity (Wildman–Crippen MR) is 60.0 cm³/mol. The molecule has 0 unspecified atom stereocenters.